The highest BCUT2D eigenvalue weighted by Crippen LogP contribution is 2.53. The zero-order valence-corrected chi connectivity index (χ0v) is 37.7. The van der Waals surface area contributed by atoms with Crippen molar-refractivity contribution in [3.05, 3.63) is 115 Å². The van der Waals surface area contributed by atoms with Gasteiger partial charge < -0.3 is 71.3 Å². The van der Waals surface area contributed by atoms with Crippen molar-refractivity contribution in [3.8, 4) is 23.0 Å². The molecule has 4 aromatic rings. The van der Waals surface area contributed by atoms with Gasteiger partial charge in [0.05, 0.1) is 71.0 Å². The minimum absolute atomic E-state index is 0.0344. The van der Waals surface area contributed by atoms with Gasteiger partial charge in [0.1, 0.15) is 46.8 Å². The molecule has 0 spiro atoms. The molecule has 20 nitrogen and oxygen atoms in total. The van der Waals surface area contributed by atoms with Crippen LogP contribution in [0.2, 0.25) is 0 Å². The van der Waals surface area contributed by atoms with Gasteiger partial charge in [-0.25, -0.2) is 0 Å². The number of hydrogen-bond donors (Lipinski definition) is 10. The van der Waals surface area contributed by atoms with E-state index in [1.807, 2.05) is 0 Å². The third-order valence-electron chi connectivity index (χ3n) is 14.3. The number of aliphatic hydroxyl groups excluding tert-OH is 4. The fourth-order valence-electron chi connectivity index (χ4n) is 10.3. The van der Waals surface area contributed by atoms with E-state index in [9.17, 15) is 69.6 Å². The molecule has 4 aliphatic carbocycles. The number of fused-ring (bicyclic) bond motifs is 6. The molecule has 6 aliphatic rings. The van der Waals surface area contributed by atoms with Crippen molar-refractivity contribution in [2.75, 3.05) is 13.2 Å². The van der Waals surface area contributed by atoms with Crippen LogP contribution in [0.25, 0.3) is 0 Å². The van der Waals surface area contributed by atoms with Gasteiger partial charge >= 0.3 is 0 Å². The lowest BCUT2D eigenvalue weighted by Gasteiger charge is -2.41. The molecule has 12 N–H and O–H groups in total. The number of carbonyl (C=O) groups is 6. The number of Topliss-reactive ketones (excluding diaryl/α,β-unsaturated/α-hetero) is 2. The van der Waals surface area contributed by atoms with Gasteiger partial charge in [0.25, 0.3) is 0 Å². The van der Waals surface area contributed by atoms with Gasteiger partial charge in [-0.3, -0.25) is 28.8 Å². The van der Waals surface area contributed by atoms with Crippen molar-refractivity contribution in [2.24, 2.45) is 11.5 Å². The molecule has 2 aliphatic heterocycles. The molecule has 0 unspecified atom stereocenters. The van der Waals surface area contributed by atoms with Gasteiger partial charge in [0.15, 0.2) is 35.7 Å². The molecule has 20 heteroatoms. The number of ketones is 6. The van der Waals surface area contributed by atoms with Crippen molar-refractivity contribution in [3.63, 3.8) is 0 Å². The van der Waals surface area contributed by atoms with E-state index in [1.165, 1.54) is 38.1 Å². The second kappa shape index (κ2) is 17.8. The molecule has 0 amide bonds. The summed E-state index contributed by atoms with van der Waals surface area (Å²) in [6.45, 7) is 2.19. The predicted molar refractivity (Wildman–Crippen MR) is 238 cm³/mol. The van der Waals surface area contributed by atoms with Crippen molar-refractivity contribution < 1.29 is 88.6 Å². The van der Waals surface area contributed by atoms with E-state index in [0.717, 1.165) is 0 Å². The van der Waals surface area contributed by atoms with Crippen LogP contribution in [0.3, 0.4) is 0 Å². The Morgan fingerprint density at radius 1 is 0.529 bits per heavy atom. The van der Waals surface area contributed by atoms with Crippen LogP contribution in [0.4, 0.5) is 0 Å². The minimum Gasteiger partial charge on any atom is -0.507 e. The first kappa shape index (κ1) is 48.7. The quantitative estimate of drug-likeness (QED) is 0.105. The summed E-state index contributed by atoms with van der Waals surface area (Å²) in [5.74, 6) is -5.47. The number of benzene rings is 4. The minimum atomic E-state index is -1.50. The molecule has 10 atom stereocenters. The van der Waals surface area contributed by atoms with Gasteiger partial charge in [0.2, 0.25) is 0 Å². The predicted octanol–water partition coefficient (Wildman–Crippen LogP) is 1.26. The van der Waals surface area contributed by atoms with Crippen molar-refractivity contribution in [1.82, 2.24) is 0 Å². The van der Waals surface area contributed by atoms with Crippen LogP contribution in [0.15, 0.2) is 48.5 Å². The lowest BCUT2D eigenvalue weighted by molar-refractivity contribution is -0.238. The highest BCUT2D eigenvalue weighted by Gasteiger charge is 2.50. The van der Waals surface area contributed by atoms with Crippen molar-refractivity contribution in [1.29, 1.82) is 0 Å². The Hall–Kier alpha value is -6.30. The number of rotatable bonds is 6. The van der Waals surface area contributed by atoms with Gasteiger partial charge in [-0.15, -0.1) is 0 Å². The number of carbonyl (C=O) groups excluding carboxylic acids is 6. The van der Waals surface area contributed by atoms with Crippen LogP contribution in [0.1, 0.15) is 138 Å². The van der Waals surface area contributed by atoms with Gasteiger partial charge in [-0.05, 0) is 13.8 Å². The molecule has 4 aromatic carbocycles. The zero-order valence-electron chi connectivity index (χ0n) is 37.7. The first-order chi connectivity index (χ1) is 33.1. The molecule has 2 fully saturated rings. The van der Waals surface area contributed by atoms with Crippen LogP contribution < -0.4 is 11.5 Å². The van der Waals surface area contributed by atoms with E-state index in [4.69, 9.17) is 30.4 Å². The summed E-state index contributed by atoms with van der Waals surface area (Å²) in [6.07, 6.45) is -9.47. The molecule has 0 bridgehead atoms. The fourth-order valence-corrected chi connectivity index (χ4v) is 10.3. The largest absolute Gasteiger partial charge is 0.507 e. The van der Waals surface area contributed by atoms with E-state index in [1.54, 1.807) is 24.3 Å². The molecule has 70 heavy (non-hydrogen) atoms. The van der Waals surface area contributed by atoms with E-state index < -0.39 is 118 Å². The van der Waals surface area contributed by atoms with Crippen LogP contribution >= 0.6 is 0 Å². The lowest BCUT2D eigenvalue weighted by Crippen LogP contribution is -2.53. The summed E-state index contributed by atoms with van der Waals surface area (Å²) >= 11 is 0. The van der Waals surface area contributed by atoms with Crippen molar-refractivity contribution >= 4 is 34.7 Å². The first-order valence-corrected chi connectivity index (χ1v) is 22.5. The Labute approximate surface area is 398 Å². The molecule has 10 rings (SSSR count). The number of ether oxygens (including phenoxy) is 4. The fraction of sp³-hybridized carbons (Fsp3) is 0.400. The number of hydrogen-bond acceptors (Lipinski definition) is 20. The summed E-state index contributed by atoms with van der Waals surface area (Å²) in [7, 11) is 0. The van der Waals surface area contributed by atoms with Crippen LogP contribution in [-0.2, 0) is 41.4 Å². The summed E-state index contributed by atoms with van der Waals surface area (Å²) in [5, 5.41) is 84.5. The molecular formula is C50H50N2O18. The normalized spacial score (nSPS) is 29.8. The Balaban J connectivity index is 0.000000174. The maximum atomic E-state index is 13.3. The maximum Gasteiger partial charge on any atom is 0.198 e. The Kier molecular flexibility index (Phi) is 12.4. The average Bonchev–Trinajstić information content (AvgIpc) is 3.32. The molecule has 0 radical (unpaired) electrons. The number of aromatic hydroxyl groups is 4. The third kappa shape index (κ3) is 7.89. The number of phenols is 4. The van der Waals surface area contributed by atoms with Crippen molar-refractivity contribution in [2.45, 2.75) is 113 Å². The van der Waals surface area contributed by atoms with Crippen LogP contribution in [0, 0.1) is 0 Å². The summed E-state index contributed by atoms with van der Waals surface area (Å²) in [5.41, 5.74) is 8.93. The topological polar surface area (TPSA) is 353 Å². The molecule has 368 valence electrons. The van der Waals surface area contributed by atoms with Gasteiger partial charge in [0, 0.05) is 83.0 Å². The van der Waals surface area contributed by atoms with E-state index in [-0.39, 0.29) is 119 Å². The highest BCUT2D eigenvalue weighted by molar-refractivity contribution is 6.31. The monoisotopic (exact) mass is 966 g/mol. The second-order valence-electron chi connectivity index (χ2n) is 18.8. The summed E-state index contributed by atoms with van der Waals surface area (Å²) in [4.78, 5) is 78.0. The lowest BCUT2D eigenvalue weighted by atomic mass is 9.71. The number of phenolic OH excluding ortho intramolecular Hbond substituents is 4. The summed E-state index contributed by atoms with van der Waals surface area (Å²) in [6, 6.07) is 12.2. The average molecular weight is 967 g/mol. The third-order valence-corrected chi connectivity index (χ3v) is 14.3. The van der Waals surface area contributed by atoms with E-state index in [0.29, 0.717) is 0 Å². The van der Waals surface area contributed by atoms with Gasteiger partial charge in [-0.2, -0.15) is 0 Å². The molecule has 2 saturated heterocycles. The molecule has 2 heterocycles. The molecule has 0 saturated carbocycles. The zero-order chi connectivity index (χ0) is 50.5. The number of nitrogens with two attached hydrogens (primary N) is 2. The summed E-state index contributed by atoms with van der Waals surface area (Å²) < 4.78 is 22.9. The molecule has 0 aromatic heterocycles. The highest BCUT2D eigenvalue weighted by atomic mass is 16.7. The van der Waals surface area contributed by atoms with Crippen LogP contribution in [-0.4, -0.2) is 137 Å². The SMILES string of the molecule is CC(=O)[C@]1(N)Cc2c(O)c3c(c(O)c2[C@@H](O[C@H]2C[C@H](O)[C@H](O)CO2)C1)C(=O)c1ccccc1C3=O.CC(=O)[C@]1(N)Cc2c(O)c3c(c(O)c2[C@@H](O[C@H]2C[C@H](O)[C@H](O)CO2)C1)C(=O)c1ccccc1C3=O. The van der Waals surface area contributed by atoms with E-state index in [2.05, 4.69) is 0 Å². The van der Waals surface area contributed by atoms with Gasteiger partial charge in [-0.1, -0.05) is 48.5 Å². The first-order valence-electron chi connectivity index (χ1n) is 22.5. The smallest absolute Gasteiger partial charge is 0.198 e. The Bertz CT molecular complexity index is 2740. The Morgan fingerprint density at radius 3 is 1.11 bits per heavy atom. The Morgan fingerprint density at radius 2 is 0.829 bits per heavy atom. The number of aliphatic hydroxyl groups is 4. The van der Waals surface area contributed by atoms with Crippen LogP contribution in [0.5, 0.6) is 23.0 Å². The second-order valence-corrected chi connectivity index (χ2v) is 18.8. The molecular weight excluding hydrogens is 917 g/mol. The standard InChI is InChI=1S/2C25H25NO9/c2*1-10(27)25(26)7-13-18(16(8-25)35-17-6-14(28)15(29)9-34-17)24(33)20-19(23(13)32)21(30)11-4-2-3-5-12(11)22(20)31/h2*2-5,14-17,28-29,32-33H,6-9,26H2,1H3/t2*14-,15+,16-,17-,25-/m00/s1. The van der Waals surface area contributed by atoms with E-state index >= 15 is 0 Å². The maximum absolute atomic E-state index is 13.3.